The largest absolute Gasteiger partial charge is 0.481 e. The second-order valence-corrected chi connectivity index (χ2v) is 4.86. The molecule has 3 N–H and O–H groups in total. The van der Waals surface area contributed by atoms with Crippen molar-refractivity contribution in [3.8, 4) is 0 Å². The Bertz CT molecular complexity index is 296. The molecule has 0 saturated carbocycles. The van der Waals surface area contributed by atoms with E-state index in [1.165, 1.54) is 0 Å². The predicted octanol–water partition coefficient (Wildman–Crippen LogP) is 0.654. The minimum absolute atomic E-state index is 0.170. The first-order valence-electron chi connectivity index (χ1n) is 6.44. The molecular weight excluding hydrogens is 236 g/mol. The van der Waals surface area contributed by atoms with Gasteiger partial charge in [-0.1, -0.05) is 6.92 Å². The lowest BCUT2D eigenvalue weighted by Crippen LogP contribution is -2.47. The molecule has 1 aliphatic heterocycles. The van der Waals surface area contributed by atoms with Gasteiger partial charge in [-0.05, 0) is 25.7 Å². The molecule has 2 amide bonds. The normalized spacial score (nSPS) is 21.4. The number of nitrogens with zero attached hydrogens (tertiary/aromatic N) is 1. The summed E-state index contributed by atoms with van der Waals surface area (Å²) in [5.41, 5.74) is 0. The van der Waals surface area contributed by atoms with Gasteiger partial charge in [-0.25, -0.2) is 4.79 Å². The van der Waals surface area contributed by atoms with Gasteiger partial charge < -0.3 is 20.4 Å². The first-order chi connectivity index (χ1) is 8.50. The van der Waals surface area contributed by atoms with Crippen LogP contribution in [0.25, 0.3) is 0 Å². The van der Waals surface area contributed by atoms with E-state index in [2.05, 4.69) is 5.32 Å². The fraction of sp³-hybridized carbons (Fsp3) is 0.833. The molecule has 2 atom stereocenters. The zero-order chi connectivity index (χ0) is 13.5. The lowest BCUT2D eigenvalue weighted by Gasteiger charge is -2.30. The summed E-state index contributed by atoms with van der Waals surface area (Å²) in [5, 5.41) is 20.9. The number of aliphatic hydroxyl groups is 1. The highest BCUT2D eigenvalue weighted by atomic mass is 16.4. The van der Waals surface area contributed by atoms with Gasteiger partial charge >= 0.3 is 12.0 Å². The van der Waals surface area contributed by atoms with E-state index in [-0.39, 0.29) is 11.9 Å². The van der Waals surface area contributed by atoms with Crippen LogP contribution in [0.2, 0.25) is 0 Å². The number of aliphatic carboxylic acids is 1. The molecular formula is C12H22N2O4. The number of β-amino-alcohol motifs (C(OH)–C–C–N with tert-alkyl or cyclic N) is 1. The van der Waals surface area contributed by atoms with E-state index < -0.39 is 12.1 Å². The molecule has 6 nitrogen and oxygen atoms in total. The standard InChI is InChI=1S/C12H22N2O4/c1-9(11(16)17)4-2-6-13-12(18)14-7-3-5-10(15)8-14/h9-10,15H,2-8H2,1H3,(H,13,18)(H,16,17). The molecule has 1 aliphatic rings. The van der Waals surface area contributed by atoms with Gasteiger partial charge in [0, 0.05) is 19.6 Å². The van der Waals surface area contributed by atoms with Crippen molar-refractivity contribution in [2.75, 3.05) is 19.6 Å². The van der Waals surface area contributed by atoms with E-state index in [1.807, 2.05) is 0 Å². The number of nitrogens with one attached hydrogen (secondary N) is 1. The molecule has 0 spiro atoms. The van der Waals surface area contributed by atoms with Crippen molar-refractivity contribution in [3.05, 3.63) is 0 Å². The summed E-state index contributed by atoms with van der Waals surface area (Å²) in [7, 11) is 0. The van der Waals surface area contributed by atoms with E-state index >= 15 is 0 Å². The van der Waals surface area contributed by atoms with Crippen LogP contribution in [0.3, 0.4) is 0 Å². The number of aliphatic hydroxyl groups excluding tert-OH is 1. The van der Waals surface area contributed by atoms with Crippen LogP contribution in [0, 0.1) is 5.92 Å². The molecule has 0 aliphatic carbocycles. The lowest BCUT2D eigenvalue weighted by atomic mass is 10.1. The Balaban J connectivity index is 2.15. The van der Waals surface area contributed by atoms with Crippen molar-refractivity contribution in [3.63, 3.8) is 0 Å². The quantitative estimate of drug-likeness (QED) is 0.632. The second kappa shape index (κ2) is 7.20. The summed E-state index contributed by atoms with van der Waals surface area (Å²) < 4.78 is 0. The third-order valence-corrected chi connectivity index (χ3v) is 3.20. The first kappa shape index (κ1) is 14.8. The molecule has 6 heteroatoms. The average molecular weight is 258 g/mol. The van der Waals surface area contributed by atoms with Crippen LogP contribution in [0.1, 0.15) is 32.6 Å². The maximum absolute atomic E-state index is 11.7. The number of likely N-dealkylation sites (tertiary alicyclic amines) is 1. The molecule has 0 aromatic rings. The van der Waals surface area contributed by atoms with Crippen LogP contribution < -0.4 is 5.32 Å². The Kier molecular flexibility index (Phi) is 5.91. The van der Waals surface area contributed by atoms with Gasteiger partial charge in [-0.2, -0.15) is 0 Å². The van der Waals surface area contributed by atoms with E-state index in [1.54, 1.807) is 11.8 Å². The zero-order valence-corrected chi connectivity index (χ0v) is 10.8. The third kappa shape index (κ3) is 4.91. The van der Waals surface area contributed by atoms with Crippen LogP contribution in [-0.4, -0.2) is 52.9 Å². The fourth-order valence-corrected chi connectivity index (χ4v) is 1.98. The van der Waals surface area contributed by atoms with Crippen molar-refractivity contribution in [1.82, 2.24) is 10.2 Å². The topological polar surface area (TPSA) is 89.9 Å². The Labute approximate surface area is 107 Å². The highest BCUT2D eigenvalue weighted by Crippen LogP contribution is 2.10. The highest BCUT2D eigenvalue weighted by molar-refractivity contribution is 5.74. The smallest absolute Gasteiger partial charge is 0.317 e. The number of hydrogen-bond donors (Lipinski definition) is 3. The van der Waals surface area contributed by atoms with Crippen molar-refractivity contribution in [1.29, 1.82) is 0 Å². The maximum atomic E-state index is 11.7. The van der Waals surface area contributed by atoms with Crippen LogP contribution in [0.5, 0.6) is 0 Å². The number of piperidine rings is 1. The molecule has 2 unspecified atom stereocenters. The Morgan fingerprint density at radius 3 is 2.83 bits per heavy atom. The van der Waals surface area contributed by atoms with Crippen molar-refractivity contribution >= 4 is 12.0 Å². The monoisotopic (exact) mass is 258 g/mol. The summed E-state index contributed by atoms with van der Waals surface area (Å²) in [6, 6.07) is -0.170. The Morgan fingerprint density at radius 2 is 2.22 bits per heavy atom. The van der Waals surface area contributed by atoms with E-state index in [4.69, 9.17) is 5.11 Å². The SMILES string of the molecule is CC(CCCNC(=O)N1CCCC(O)C1)C(=O)O. The van der Waals surface area contributed by atoms with Crippen LogP contribution in [0.15, 0.2) is 0 Å². The molecule has 1 saturated heterocycles. The van der Waals surface area contributed by atoms with Gasteiger partial charge in [0.15, 0.2) is 0 Å². The molecule has 104 valence electrons. The molecule has 0 aromatic carbocycles. The lowest BCUT2D eigenvalue weighted by molar-refractivity contribution is -0.141. The molecule has 1 rings (SSSR count). The first-order valence-corrected chi connectivity index (χ1v) is 6.44. The van der Waals surface area contributed by atoms with Gasteiger partial charge in [0.1, 0.15) is 0 Å². The van der Waals surface area contributed by atoms with E-state index in [9.17, 15) is 14.7 Å². The molecule has 18 heavy (non-hydrogen) atoms. The van der Waals surface area contributed by atoms with Gasteiger partial charge in [-0.15, -0.1) is 0 Å². The van der Waals surface area contributed by atoms with Gasteiger partial charge in [0.2, 0.25) is 0 Å². The Hall–Kier alpha value is -1.30. The van der Waals surface area contributed by atoms with E-state index in [0.29, 0.717) is 32.5 Å². The maximum Gasteiger partial charge on any atom is 0.317 e. The molecule has 1 heterocycles. The summed E-state index contributed by atoms with van der Waals surface area (Å²) >= 11 is 0. The summed E-state index contributed by atoms with van der Waals surface area (Å²) in [4.78, 5) is 23.9. The number of urea groups is 1. The number of carbonyl (C=O) groups excluding carboxylic acids is 1. The van der Waals surface area contributed by atoms with Gasteiger partial charge in [-0.3, -0.25) is 4.79 Å². The van der Waals surface area contributed by atoms with Crippen LogP contribution in [-0.2, 0) is 4.79 Å². The number of carbonyl (C=O) groups is 2. The number of hydrogen-bond acceptors (Lipinski definition) is 3. The highest BCUT2D eigenvalue weighted by Gasteiger charge is 2.21. The van der Waals surface area contributed by atoms with Crippen molar-refractivity contribution in [2.24, 2.45) is 5.92 Å². The minimum Gasteiger partial charge on any atom is -0.481 e. The van der Waals surface area contributed by atoms with Crippen LogP contribution in [0.4, 0.5) is 4.79 Å². The van der Waals surface area contributed by atoms with E-state index in [0.717, 1.165) is 12.8 Å². The zero-order valence-electron chi connectivity index (χ0n) is 10.8. The number of carboxylic acids is 1. The number of amides is 2. The molecule has 1 fully saturated rings. The van der Waals surface area contributed by atoms with Gasteiger partial charge in [0.05, 0.1) is 12.0 Å². The van der Waals surface area contributed by atoms with Crippen molar-refractivity contribution in [2.45, 2.75) is 38.7 Å². The number of rotatable bonds is 5. The average Bonchev–Trinajstić information content (AvgIpc) is 2.33. The summed E-state index contributed by atoms with van der Waals surface area (Å²) in [6.45, 7) is 3.19. The molecule has 0 radical (unpaired) electrons. The van der Waals surface area contributed by atoms with Crippen molar-refractivity contribution < 1.29 is 19.8 Å². The Morgan fingerprint density at radius 1 is 1.50 bits per heavy atom. The fourth-order valence-electron chi connectivity index (χ4n) is 1.98. The molecule has 0 bridgehead atoms. The summed E-state index contributed by atoms with van der Waals surface area (Å²) in [5.74, 6) is -1.18. The van der Waals surface area contributed by atoms with Crippen LogP contribution >= 0.6 is 0 Å². The second-order valence-electron chi connectivity index (χ2n) is 4.86. The predicted molar refractivity (Wildman–Crippen MR) is 66.2 cm³/mol. The van der Waals surface area contributed by atoms with Gasteiger partial charge in [0.25, 0.3) is 0 Å². The third-order valence-electron chi connectivity index (χ3n) is 3.20. The summed E-state index contributed by atoms with van der Waals surface area (Å²) in [6.07, 6.45) is 2.36. The minimum atomic E-state index is -0.805. The number of carboxylic acid groups (broad SMARTS) is 1. The molecule has 0 aromatic heterocycles.